The number of rotatable bonds is 4. The van der Waals surface area contributed by atoms with Crippen LogP contribution in [-0.4, -0.2) is 11.8 Å². The summed E-state index contributed by atoms with van der Waals surface area (Å²) in [4.78, 5) is 24.8. The topological polar surface area (TPSA) is 58.2 Å². The maximum atomic E-state index is 12.6. The largest absolute Gasteiger partial charge is 0.416 e. The van der Waals surface area contributed by atoms with Crippen LogP contribution in [-0.2, 0) is 15.8 Å². The van der Waals surface area contributed by atoms with E-state index in [0.29, 0.717) is 10.7 Å². The molecule has 0 saturated heterocycles. The highest BCUT2D eigenvalue weighted by Gasteiger charge is 2.36. The lowest BCUT2D eigenvalue weighted by molar-refractivity contribution is -0.137. The summed E-state index contributed by atoms with van der Waals surface area (Å²) < 4.78 is 37.7. The zero-order valence-electron chi connectivity index (χ0n) is 13.9. The molecule has 138 valence electrons. The summed E-state index contributed by atoms with van der Waals surface area (Å²) in [5.41, 5.74) is -1.65. The Morgan fingerprint density at radius 3 is 1.58 bits per heavy atom. The molecule has 0 heterocycles. The SMILES string of the molecule is CC(C)(C(=O)Nc1ccc(Cl)cc1)C(=O)Nc1ccc(C(F)(F)F)cc1. The third-order valence-electron chi connectivity index (χ3n) is 3.71. The highest BCUT2D eigenvalue weighted by molar-refractivity contribution is 6.30. The summed E-state index contributed by atoms with van der Waals surface area (Å²) in [7, 11) is 0. The van der Waals surface area contributed by atoms with Gasteiger partial charge in [-0.15, -0.1) is 0 Å². The molecular weight excluding hydrogens is 369 g/mol. The second-order valence-corrected chi connectivity index (χ2v) is 6.55. The molecule has 0 unspecified atom stereocenters. The predicted molar refractivity (Wildman–Crippen MR) is 93.9 cm³/mol. The minimum atomic E-state index is -4.46. The van der Waals surface area contributed by atoms with Crippen LogP contribution >= 0.6 is 11.6 Å². The summed E-state index contributed by atoms with van der Waals surface area (Å²) in [6, 6.07) is 10.3. The van der Waals surface area contributed by atoms with Crippen molar-refractivity contribution in [3.05, 3.63) is 59.1 Å². The van der Waals surface area contributed by atoms with E-state index >= 15 is 0 Å². The van der Waals surface area contributed by atoms with Crippen LogP contribution in [0.2, 0.25) is 5.02 Å². The van der Waals surface area contributed by atoms with E-state index in [1.54, 1.807) is 24.3 Å². The van der Waals surface area contributed by atoms with Crippen molar-refractivity contribution in [2.24, 2.45) is 5.41 Å². The zero-order chi connectivity index (χ0) is 19.5. The fourth-order valence-electron chi connectivity index (χ4n) is 1.95. The fourth-order valence-corrected chi connectivity index (χ4v) is 2.08. The summed E-state index contributed by atoms with van der Waals surface area (Å²) in [5.74, 6) is -1.21. The van der Waals surface area contributed by atoms with Crippen molar-refractivity contribution in [3.63, 3.8) is 0 Å². The Labute approximate surface area is 153 Å². The van der Waals surface area contributed by atoms with E-state index in [2.05, 4.69) is 10.6 Å². The van der Waals surface area contributed by atoms with Gasteiger partial charge in [-0.25, -0.2) is 0 Å². The standard InChI is InChI=1S/C18H16ClF3N2O2/c1-17(2,16(26)24-14-9-5-12(19)6-10-14)15(25)23-13-7-3-11(4-8-13)18(20,21)22/h3-10H,1-2H3,(H,23,25)(H,24,26). The van der Waals surface area contributed by atoms with E-state index in [1.165, 1.54) is 13.8 Å². The molecule has 0 aromatic heterocycles. The fraction of sp³-hybridized carbons (Fsp3) is 0.222. The molecule has 0 aliphatic rings. The molecule has 2 rings (SSSR count). The molecule has 0 aliphatic heterocycles. The Kier molecular flexibility index (Phi) is 5.61. The summed E-state index contributed by atoms with van der Waals surface area (Å²) in [6.07, 6.45) is -4.46. The van der Waals surface area contributed by atoms with Gasteiger partial charge in [-0.2, -0.15) is 13.2 Å². The Balaban J connectivity index is 2.06. The van der Waals surface area contributed by atoms with Crippen molar-refractivity contribution >= 4 is 34.8 Å². The minimum Gasteiger partial charge on any atom is -0.325 e. The third kappa shape index (κ3) is 4.76. The molecule has 0 spiro atoms. The first-order valence-corrected chi connectivity index (χ1v) is 7.93. The number of benzene rings is 2. The lowest BCUT2D eigenvalue weighted by Crippen LogP contribution is -2.41. The number of carbonyl (C=O) groups excluding carboxylic acids is 2. The number of hydrogen-bond acceptors (Lipinski definition) is 2. The van der Waals surface area contributed by atoms with Gasteiger partial charge in [0, 0.05) is 16.4 Å². The molecule has 0 saturated carbocycles. The summed E-state index contributed by atoms with van der Waals surface area (Å²) in [6.45, 7) is 2.83. The second-order valence-electron chi connectivity index (χ2n) is 6.12. The number of carbonyl (C=O) groups is 2. The highest BCUT2D eigenvalue weighted by atomic mass is 35.5. The van der Waals surface area contributed by atoms with E-state index in [0.717, 1.165) is 24.3 Å². The number of nitrogens with one attached hydrogen (secondary N) is 2. The van der Waals surface area contributed by atoms with Gasteiger partial charge in [-0.05, 0) is 62.4 Å². The van der Waals surface area contributed by atoms with Crippen molar-refractivity contribution < 1.29 is 22.8 Å². The van der Waals surface area contributed by atoms with Crippen LogP contribution in [0.25, 0.3) is 0 Å². The highest BCUT2D eigenvalue weighted by Crippen LogP contribution is 2.30. The van der Waals surface area contributed by atoms with Crippen LogP contribution in [0.4, 0.5) is 24.5 Å². The van der Waals surface area contributed by atoms with Crippen LogP contribution in [0.3, 0.4) is 0 Å². The first-order valence-electron chi connectivity index (χ1n) is 7.56. The van der Waals surface area contributed by atoms with Gasteiger partial charge >= 0.3 is 6.18 Å². The molecule has 0 bridgehead atoms. The molecule has 0 fully saturated rings. The number of halogens is 4. The number of amides is 2. The molecule has 2 aromatic rings. The van der Waals surface area contributed by atoms with E-state index in [-0.39, 0.29) is 5.69 Å². The van der Waals surface area contributed by atoms with Crippen LogP contribution < -0.4 is 10.6 Å². The van der Waals surface area contributed by atoms with E-state index < -0.39 is 29.0 Å². The molecule has 2 aromatic carbocycles. The molecule has 4 nitrogen and oxygen atoms in total. The van der Waals surface area contributed by atoms with Gasteiger partial charge in [0.2, 0.25) is 11.8 Å². The van der Waals surface area contributed by atoms with Crippen LogP contribution in [0.1, 0.15) is 19.4 Å². The predicted octanol–water partition coefficient (Wildman–Crippen LogP) is 4.96. The van der Waals surface area contributed by atoms with Gasteiger partial charge in [0.25, 0.3) is 0 Å². The van der Waals surface area contributed by atoms with Gasteiger partial charge < -0.3 is 10.6 Å². The lowest BCUT2D eigenvalue weighted by Gasteiger charge is -2.23. The number of anilines is 2. The first kappa shape index (κ1) is 19.8. The second kappa shape index (κ2) is 7.37. The van der Waals surface area contributed by atoms with Crippen LogP contribution in [0, 0.1) is 5.41 Å². The molecule has 0 aliphatic carbocycles. The molecular formula is C18H16ClF3N2O2. The molecule has 0 atom stereocenters. The lowest BCUT2D eigenvalue weighted by atomic mass is 9.90. The molecule has 0 radical (unpaired) electrons. The van der Waals surface area contributed by atoms with Crippen LogP contribution in [0.15, 0.2) is 48.5 Å². The molecule has 8 heteroatoms. The smallest absolute Gasteiger partial charge is 0.325 e. The normalized spacial score (nSPS) is 11.8. The molecule has 26 heavy (non-hydrogen) atoms. The summed E-state index contributed by atoms with van der Waals surface area (Å²) in [5, 5.41) is 5.55. The molecule has 2 N–H and O–H groups in total. The number of alkyl halides is 3. The van der Waals surface area contributed by atoms with Crippen molar-refractivity contribution in [2.45, 2.75) is 20.0 Å². The Bertz CT molecular complexity index is 801. The maximum Gasteiger partial charge on any atom is 0.416 e. The van der Waals surface area contributed by atoms with Gasteiger partial charge in [0.15, 0.2) is 0 Å². The quantitative estimate of drug-likeness (QED) is 0.732. The Hall–Kier alpha value is -2.54. The van der Waals surface area contributed by atoms with E-state index in [4.69, 9.17) is 11.6 Å². The van der Waals surface area contributed by atoms with Crippen molar-refractivity contribution in [1.82, 2.24) is 0 Å². The Morgan fingerprint density at radius 2 is 1.19 bits per heavy atom. The van der Waals surface area contributed by atoms with Gasteiger partial charge in [-0.3, -0.25) is 9.59 Å². The molecule has 2 amide bonds. The van der Waals surface area contributed by atoms with Crippen molar-refractivity contribution in [2.75, 3.05) is 10.6 Å². The van der Waals surface area contributed by atoms with E-state index in [9.17, 15) is 22.8 Å². The van der Waals surface area contributed by atoms with Crippen LogP contribution in [0.5, 0.6) is 0 Å². The average Bonchev–Trinajstić information content (AvgIpc) is 2.56. The van der Waals surface area contributed by atoms with Gasteiger partial charge in [0.05, 0.1) is 5.56 Å². The van der Waals surface area contributed by atoms with Gasteiger partial charge in [0.1, 0.15) is 5.41 Å². The average molecular weight is 385 g/mol. The minimum absolute atomic E-state index is 0.162. The Morgan fingerprint density at radius 1 is 0.808 bits per heavy atom. The summed E-state index contributed by atoms with van der Waals surface area (Å²) >= 11 is 5.77. The number of hydrogen-bond donors (Lipinski definition) is 2. The first-order chi connectivity index (χ1) is 12.0. The van der Waals surface area contributed by atoms with E-state index in [1.807, 2.05) is 0 Å². The maximum absolute atomic E-state index is 12.6. The monoisotopic (exact) mass is 384 g/mol. The van der Waals surface area contributed by atoms with Gasteiger partial charge in [-0.1, -0.05) is 11.6 Å². The zero-order valence-corrected chi connectivity index (χ0v) is 14.7. The van der Waals surface area contributed by atoms with Crippen molar-refractivity contribution in [1.29, 1.82) is 0 Å². The van der Waals surface area contributed by atoms with Crippen molar-refractivity contribution in [3.8, 4) is 0 Å². The third-order valence-corrected chi connectivity index (χ3v) is 3.96.